The molecule has 0 radical (unpaired) electrons. The molecule has 2 rings (SSSR count). The van der Waals surface area contributed by atoms with E-state index in [-0.39, 0.29) is 10.5 Å². The van der Waals surface area contributed by atoms with Crippen LogP contribution in [-0.4, -0.2) is 33.7 Å². The number of hydrogen-bond acceptors (Lipinski definition) is 5. The van der Waals surface area contributed by atoms with Gasteiger partial charge in [0.25, 0.3) is 5.91 Å². The number of esters is 1. The first kappa shape index (κ1) is 17.7. The number of methoxy groups -OCH3 is 1. The van der Waals surface area contributed by atoms with E-state index in [1.54, 1.807) is 30.3 Å². The second kappa shape index (κ2) is 7.27. The smallest absolute Gasteiger partial charge is 0.333 e. The highest BCUT2D eigenvalue weighted by molar-refractivity contribution is 7.90. The van der Waals surface area contributed by atoms with E-state index in [0.717, 1.165) is 6.26 Å². The summed E-state index contributed by atoms with van der Waals surface area (Å²) in [5.74, 6) is -1.19. The molecule has 0 saturated heterocycles. The molecule has 0 unspecified atom stereocenters. The van der Waals surface area contributed by atoms with Crippen molar-refractivity contribution in [3.8, 4) is 0 Å². The maximum atomic E-state index is 12.4. The van der Waals surface area contributed by atoms with Crippen molar-refractivity contribution in [1.82, 2.24) is 5.32 Å². The van der Waals surface area contributed by atoms with Crippen LogP contribution in [0, 0.1) is 0 Å². The molecule has 1 N–H and O–H groups in total. The lowest BCUT2D eigenvalue weighted by Crippen LogP contribution is -2.34. The minimum Gasteiger partial charge on any atom is -0.467 e. The molecule has 126 valence electrons. The summed E-state index contributed by atoms with van der Waals surface area (Å²) < 4.78 is 27.9. The predicted octanol–water partition coefficient (Wildman–Crippen LogP) is 1.73. The molecule has 0 aliphatic carbocycles. The number of sulfone groups is 1. The Labute approximate surface area is 140 Å². The number of hydrogen-bond donors (Lipinski definition) is 1. The van der Waals surface area contributed by atoms with Gasteiger partial charge in [-0.1, -0.05) is 36.4 Å². The minimum absolute atomic E-state index is 0.0319. The summed E-state index contributed by atoms with van der Waals surface area (Å²) in [6, 6.07) is 13.3. The average molecular weight is 347 g/mol. The van der Waals surface area contributed by atoms with Crippen LogP contribution in [0.15, 0.2) is 59.5 Å². The molecule has 0 aromatic heterocycles. The average Bonchev–Trinajstić information content (AvgIpc) is 2.59. The van der Waals surface area contributed by atoms with Gasteiger partial charge in [0, 0.05) is 11.8 Å². The van der Waals surface area contributed by atoms with Crippen molar-refractivity contribution in [1.29, 1.82) is 0 Å². The van der Waals surface area contributed by atoms with Gasteiger partial charge in [-0.15, -0.1) is 0 Å². The Balaban J connectivity index is 2.30. The van der Waals surface area contributed by atoms with Gasteiger partial charge in [-0.25, -0.2) is 13.2 Å². The van der Waals surface area contributed by atoms with Crippen molar-refractivity contribution in [3.05, 3.63) is 65.7 Å². The van der Waals surface area contributed by atoms with Gasteiger partial charge in [0.1, 0.15) is 0 Å². The number of carbonyl (C=O) groups excluding carboxylic acids is 2. The van der Waals surface area contributed by atoms with Crippen LogP contribution in [0.2, 0.25) is 0 Å². The number of amides is 1. The number of nitrogens with one attached hydrogen (secondary N) is 1. The molecule has 0 heterocycles. The van der Waals surface area contributed by atoms with Crippen molar-refractivity contribution in [2.45, 2.75) is 10.9 Å². The lowest BCUT2D eigenvalue weighted by Gasteiger charge is -2.17. The van der Waals surface area contributed by atoms with Gasteiger partial charge in [-0.3, -0.25) is 4.79 Å². The van der Waals surface area contributed by atoms with Crippen LogP contribution in [0.1, 0.15) is 22.0 Å². The molecule has 2 aromatic carbocycles. The highest BCUT2D eigenvalue weighted by atomic mass is 32.2. The van der Waals surface area contributed by atoms with Crippen LogP contribution in [-0.2, 0) is 19.4 Å². The van der Waals surface area contributed by atoms with E-state index in [1.165, 1.54) is 31.4 Å². The van der Waals surface area contributed by atoms with Crippen LogP contribution in [0.4, 0.5) is 0 Å². The van der Waals surface area contributed by atoms with Gasteiger partial charge >= 0.3 is 5.97 Å². The molecular weight excluding hydrogens is 330 g/mol. The van der Waals surface area contributed by atoms with Crippen molar-refractivity contribution >= 4 is 21.7 Å². The fraction of sp³-hybridized carbons (Fsp3) is 0.176. The van der Waals surface area contributed by atoms with Crippen molar-refractivity contribution in [2.24, 2.45) is 0 Å². The van der Waals surface area contributed by atoms with Gasteiger partial charge in [0.15, 0.2) is 15.9 Å². The van der Waals surface area contributed by atoms with Crippen LogP contribution in [0.5, 0.6) is 0 Å². The van der Waals surface area contributed by atoms with Crippen LogP contribution in [0.25, 0.3) is 0 Å². The second-order valence-electron chi connectivity index (χ2n) is 5.14. The molecule has 0 fully saturated rings. The van der Waals surface area contributed by atoms with Crippen molar-refractivity contribution in [3.63, 3.8) is 0 Å². The van der Waals surface area contributed by atoms with Gasteiger partial charge < -0.3 is 10.1 Å². The quantitative estimate of drug-likeness (QED) is 0.832. The summed E-state index contributed by atoms with van der Waals surface area (Å²) in [5.41, 5.74) is 0.708. The number of ether oxygens (including phenoxy) is 1. The molecular formula is C17H17NO5S. The lowest BCUT2D eigenvalue weighted by molar-refractivity contribution is -0.143. The summed E-state index contributed by atoms with van der Waals surface area (Å²) in [6.07, 6.45) is 1.06. The molecule has 1 amide bonds. The Kier molecular flexibility index (Phi) is 5.35. The fourth-order valence-electron chi connectivity index (χ4n) is 2.12. The van der Waals surface area contributed by atoms with Gasteiger partial charge in [0.2, 0.25) is 0 Å². The van der Waals surface area contributed by atoms with Crippen LogP contribution < -0.4 is 5.32 Å². The molecule has 0 spiro atoms. The van der Waals surface area contributed by atoms with E-state index in [0.29, 0.717) is 5.56 Å². The Bertz CT molecular complexity index is 846. The van der Waals surface area contributed by atoms with E-state index in [2.05, 4.69) is 5.32 Å². The summed E-state index contributed by atoms with van der Waals surface area (Å²) in [5, 5.41) is 2.57. The molecule has 24 heavy (non-hydrogen) atoms. The van der Waals surface area contributed by atoms with Crippen LogP contribution >= 0.6 is 0 Å². The molecule has 0 bridgehead atoms. The van der Waals surface area contributed by atoms with Gasteiger partial charge in [-0.2, -0.15) is 0 Å². The van der Waals surface area contributed by atoms with Crippen molar-refractivity contribution < 1.29 is 22.7 Å². The third-order valence-corrected chi connectivity index (χ3v) is 4.48. The van der Waals surface area contributed by atoms with E-state index >= 15 is 0 Å². The maximum absolute atomic E-state index is 12.4. The zero-order valence-electron chi connectivity index (χ0n) is 13.2. The largest absolute Gasteiger partial charge is 0.467 e. The SMILES string of the molecule is COC(=O)[C@@H](NC(=O)c1cccc(S(C)(=O)=O)c1)c1ccccc1. The van der Waals surface area contributed by atoms with E-state index in [4.69, 9.17) is 4.74 Å². The van der Waals surface area contributed by atoms with Crippen LogP contribution in [0.3, 0.4) is 0 Å². The normalized spacial score (nSPS) is 12.2. The molecule has 0 aliphatic rings. The molecule has 0 aliphatic heterocycles. The first-order valence-corrected chi connectivity index (χ1v) is 8.96. The predicted molar refractivity (Wildman–Crippen MR) is 88.2 cm³/mol. The maximum Gasteiger partial charge on any atom is 0.333 e. The molecule has 1 atom stereocenters. The Morgan fingerprint density at radius 2 is 1.71 bits per heavy atom. The monoisotopic (exact) mass is 347 g/mol. The lowest BCUT2D eigenvalue weighted by atomic mass is 10.1. The number of rotatable bonds is 5. The van der Waals surface area contributed by atoms with E-state index < -0.39 is 27.8 Å². The van der Waals surface area contributed by atoms with Crippen molar-refractivity contribution in [2.75, 3.05) is 13.4 Å². The number of carbonyl (C=O) groups is 2. The summed E-state index contributed by atoms with van der Waals surface area (Å²) in [4.78, 5) is 24.4. The van der Waals surface area contributed by atoms with E-state index in [1.807, 2.05) is 0 Å². The van der Waals surface area contributed by atoms with Gasteiger partial charge in [-0.05, 0) is 23.8 Å². The zero-order chi connectivity index (χ0) is 17.7. The standard InChI is InChI=1S/C17H17NO5S/c1-23-17(20)15(12-7-4-3-5-8-12)18-16(19)13-9-6-10-14(11-13)24(2,21)22/h3-11,15H,1-2H3,(H,18,19)/t15-/m0/s1. The van der Waals surface area contributed by atoms with Gasteiger partial charge in [0.05, 0.1) is 12.0 Å². The fourth-order valence-corrected chi connectivity index (χ4v) is 2.79. The molecule has 6 nitrogen and oxygen atoms in total. The summed E-state index contributed by atoms with van der Waals surface area (Å²) in [7, 11) is -2.20. The first-order chi connectivity index (χ1) is 11.3. The Morgan fingerprint density at radius 3 is 2.29 bits per heavy atom. The first-order valence-electron chi connectivity index (χ1n) is 7.06. The Morgan fingerprint density at radius 1 is 1.04 bits per heavy atom. The summed E-state index contributed by atoms with van der Waals surface area (Å²) >= 11 is 0. The third kappa shape index (κ3) is 4.20. The van der Waals surface area contributed by atoms with E-state index in [9.17, 15) is 18.0 Å². The Hall–Kier alpha value is -2.67. The third-order valence-electron chi connectivity index (χ3n) is 3.37. The minimum atomic E-state index is -3.43. The second-order valence-corrected chi connectivity index (χ2v) is 7.16. The highest BCUT2D eigenvalue weighted by Crippen LogP contribution is 2.16. The molecule has 0 saturated carbocycles. The highest BCUT2D eigenvalue weighted by Gasteiger charge is 2.24. The topological polar surface area (TPSA) is 89.5 Å². The molecule has 2 aromatic rings. The molecule has 7 heteroatoms. The zero-order valence-corrected chi connectivity index (χ0v) is 14.0. The number of benzene rings is 2. The summed E-state index contributed by atoms with van der Waals surface area (Å²) in [6.45, 7) is 0.